The van der Waals surface area contributed by atoms with Crippen LogP contribution < -0.4 is 10.5 Å². The fourth-order valence-corrected chi connectivity index (χ4v) is 2.12. The summed E-state index contributed by atoms with van der Waals surface area (Å²) in [7, 11) is 0. The summed E-state index contributed by atoms with van der Waals surface area (Å²) in [6.07, 6.45) is 0.511. The van der Waals surface area contributed by atoms with Crippen LogP contribution in [0.1, 0.15) is 38.8 Å². The largest absolute Gasteiger partial charge is 0.494 e. The molecule has 0 heterocycles. The number of carbonyl (C=O) groups is 2. The first-order chi connectivity index (χ1) is 10.5. The average Bonchev–Trinajstić information content (AvgIpc) is 2.53. The summed E-state index contributed by atoms with van der Waals surface area (Å²) in [5, 5.41) is 0. The van der Waals surface area contributed by atoms with Gasteiger partial charge in [-0.2, -0.15) is 0 Å². The number of ether oxygens (including phenoxy) is 1. The van der Waals surface area contributed by atoms with Gasteiger partial charge in [-0.05, 0) is 44.2 Å². The number of rotatable bonds is 5. The van der Waals surface area contributed by atoms with Crippen molar-refractivity contribution in [3.63, 3.8) is 0 Å². The second-order valence-electron chi connectivity index (χ2n) is 4.77. The van der Waals surface area contributed by atoms with E-state index < -0.39 is 11.6 Å². The third kappa shape index (κ3) is 2.83. The van der Waals surface area contributed by atoms with Gasteiger partial charge < -0.3 is 10.5 Å². The number of aldehydes is 1. The Morgan fingerprint density at radius 3 is 2.50 bits per heavy atom. The van der Waals surface area contributed by atoms with Crippen LogP contribution in [0.25, 0.3) is 0 Å². The highest BCUT2D eigenvalue weighted by molar-refractivity contribution is 6.10. The molecule has 2 rings (SSSR count). The Kier molecular flexibility index (Phi) is 4.56. The van der Waals surface area contributed by atoms with E-state index in [4.69, 9.17) is 10.5 Å². The molecule has 2 aromatic rings. The normalized spacial score (nSPS) is 10.3. The van der Waals surface area contributed by atoms with Crippen LogP contribution in [-0.2, 0) is 0 Å². The predicted molar refractivity (Wildman–Crippen MR) is 82.0 cm³/mol. The summed E-state index contributed by atoms with van der Waals surface area (Å²) in [6, 6.07) is 7.57. The molecule has 5 heteroatoms. The van der Waals surface area contributed by atoms with Crippen molar-refractivity contribution < 1.29 is 18.7 Å². The van der Waals surface area contributed by atoms with Crippen molar-refractivity contribution in [2.24, 2.45) is 0 Å². The quantitative estimate of drug-likeness (QED) is 0.523. The maximum atomic E-state index is 14.3. The van der Waals surface area contributed by atoms with Crippen LogP contribution in [0.2, 0.25) is 0 Å². The van der Waals surface area contributed by atoms with E-state index in [1.54, 1.807) is 24.3 Å². The van der Waals surface area contributed by atoms with Gasteiger partial charge in [0.1, 0.15) is 11.6 Å². The molecule has 0 aliphatic heterocycles. The minimum absolute atomic E-state index is 0.0516. The Morgan fingerprint density at radius 1 is 1.32 bits per heavy atom. The molecule has 0 spiro atoms. The van der Waals surface area contributed by atoms with Crippen molar-refractivity contribution >= 4 is 17.8 Å². The fraction of sp³-hybridized carbons (Fsp3) is 0.176. The number of ketones is 1. The summed E-state index contributed by atoms with van der Waals surface area (Å²) in [5.41, 5.74) is 6.05. The molecule has 0 fully saturated rings. The molecule has 0 unspecified atom stereocenters. The number of hydrogen-bond donors (Lipinski definition) is 1. The van der Waals surface area contributed by atoms with Crippen LogP contribution in [0.3, 0.4) is 0 Å². The van der Waals surface area contributed by atoms with Gasteiger partial charge in [0, 0.05) is 22.4 Å². The minimum Gasteiger partial charge on any atom is -0.494 e. The Bertz CT molecular complexity index is 724. The molecule has 0 aliphatic rings. The van der Waals surface area contributed by atoms with Gasteiger partial charge in [-0.3, -0.25) is 9.59 Å². The highest BCUT2D eigenvalue weighted by atomic mass is 19.1. The molecule has 22 heavy (non-hydrogen) atoms. The molecular formula is C17H16FNO3. The van der Waals surface area contributed by atoms with E-state index in [9.17, 15) is 14.0 Å². The van der Waals surface area contributed by atoms with Crippen LogP contribution in [0.15, 0.2) is 30.3 Å². The molecule has 0 radical (unpaired) electrons. The molecule has 0 aromatic heterocycles. The fourth-order valence-electron chi connectivity index (χ4n) is 2.12. The van der Waals surface area contributed by atoms with E-state index >= 15 is 0 Å². The highest BCUT2D eigenvalue weighted by Gasteiger charge is 2.19. The monoisotopic (exact) mass is 301 g/mol. The van der Waals surface area contributed by atoms with Gasteiger partial charge in [-0.25, -0.2) is 4.39 Å². The van der Waals surface area contributed by atoms with Crippen molar-refractivity contribution in [2.75, 3.05) is 12.3 Å². The van der Waals surface area contributed by atoms with Crippen molar-refractivity contribution in [3.8, 4) is 5.75 Å². The number of halogens is 1. The molecule has 0 saturated heterocycles. The van der Waals surface area contributed by atoms with Crippen molar-refractivity contribution in [1.82, 2.24) is 0 Å². The SMILES string of the molecule is CCOc1ccc(C(=O)c2cc(C=O)c(N)c(C)c2F)cc1. The average molecular weight is 301 g/mol. The first-order valence-electron chi connectivity index (χ1n) is 6.80. The smallest absolute Gasteiger partial charge is 0.196 e. The van der Waals surface area contributed by atoms with E-state index in [-0.39, 0.29) is 22.4 Å². The number of carbonyl (C=O) groups excluding carboxylic acids is 2. The number of nitrogen functional groups attached to an aromatic ring is 1. The molecule has 0 amide bonds. The zero-order chi connectivity index (χ0) is 16.3. The second kappa shape index (κ2) is 6.39. The molecular weight excluding hydrogens is 285 g/mol. The summed E-state index contributed by atoms with van der Waals surface area (Å²) in [5.74, 6) is -0.588. The van der Waals surface area contributed by atoms with Gasteiger partial charge in [0.2, 0.25) is 0 Å². The van der Waals surface area contributed by atoms with Crippen LogP contribution in [0.5, 0.6) is 5.75 Å². The van der Waals surface area contributed by atoms with Gasteiger partial charge in [0.05, 0.1) is 12.2 Å². The first-order valence-corrected chi connectivity index (χ1v) is 6.80. The topological polar surface area (TPSA) is 69.4 Å². The van der Waals surface area contributed by atoms with E-state index in [2.05, 4.69) is 0 Å². The third-order valence-electron chi connectivity index (χ3n) is 3.38. The zero-order valence-corrected chi connectivity index (χ0v) is 12.4. The van der Waals surface area contributed by atoms with E-state index in [0.717, 1.165) is 0 Å². The van der Waals surface area contributed by atoms with Crippen LogP contribution in [0.4, 0.5) is 10.1 Å². The maximum absolute atomic E-state index is 14.3. The minimum atomic E-state index is -0.706. The lowest BCUT2D eigenvalue weighted by Gasteiger charge is -2.10. The number of nitrogens with two attached hydrogens (primary N) is 1. The van der Waals surface area contributed by atoms with Crippen LogP contribution in [0, 0.1) is 12.7 Å². The second-order valence-corrected chi connectivity index (χ2v) is 4.77. The Balaban J connectivity index is 2.45. The molecule has 0 bridgehead atoms. The van der Waals surface area contributed by atoms with Gasteiger partial charge in [-0.1, -0.05) is 0 Å². The van der Waals surface area contributed by atoms with E-state index in [1.807, 2.05) is 6.92 Å². The van der Waals surface area contributed by atoms with Crippen molar-refractivity contribution in [1.29, 1.82) is 0 Å². The summed E-state index contributed by atoms with van der Waals surface area (Å²) in [4.78, 5) is 23.4. The molecule has 0 aliphatic carbocycles. The Morgan fingerprint density at radius 2 is 1.95 bits per heavy atom. The lowest BCUT2D eigenvalue weighted by Crippen LogP contribution is -2.09. The number of hydrogen-bond acceptors (Lipinski definition) is 4. The van der Waals surface area contributed by atoms with E-state index in [1.165, 1.54) is 13.0 Å². The molecule has 2 aromatic carbocycles. The molecule has 4 nitrogen and oxygen atoms in total. The highest BCUT2D eigenvalue weighted by Crippen LogP contribution is 2.25. The Hall–Kier alpha value is -2.69. The van der Waals surface area contributed by atoms with Gasteiger partial charge in [-0.15, -0.1) is 0 Å². The molecule has 0 atom stereocenters. The zero-order valence-electron chi connectivity index (χ0n) is 12.4. The Labute approximate surface area is 127 Å². The van der Waals surface area contributed by atoms with Crippen LogP contribution in [-0.4, -0.2) is 18.7 Å². The number of anilines is 1. The maximum Gasteiger partial charge on any atom is 0.196 e. The number of benzene rings is 2. The summed E-state index contributed by atoms with van der Waals surface area (Å²) in [6.45, 7) is 3.81. The van der Waals surface area contributed by atoms with Crippen molar-refractivity contribution in [2.45, 2.75) is 13.8 Å². The van der Waals surface area contributed by atoms with E-state index in [0.29, 0.717) is 24.2 Å². The van der Waals surface area contributed by atoms with Gasteiger partial charge >= 0.3 is 0 Å². The third-order valence-corrected chi connectivity index (χ3v) is 3.38. The van der Waals surface area contributed by atoms with Gasteiger partial charge in [0.15, 0.2) is 12.1 Å². The molecule has 114 valence electrons. The first kappa shape index (κ1) is 15.7. The van der Waals surface area contributed by atoms with Crippen molar-refractivity contribution in [3.05, 3.63) is 58.4 Å². The molecule has 0 saturated carbocycles. The lowest BCUT2D eigenvalue weighted by atomic mass is 9.97. The standard InChI is InChI=1S/C17H16FNO3/c1-3-22-13-6-4-11(5-7-13)17(21)14-8-12(9-20)16(19)10(2)15(14)18/h4-9H,3,19H2,1-2H3. The van der Waals surface area contributed by atoms with Crippen LogP contribution >= 0.6 is 0 Å². The predicted octanol–water partition coefficient (Wildman–Crippen LogP) is 3.16. The van der Waals surface area contributed by atoms with Gasteiger partial charge in [0.25, 0.3) is 0 Å². The summed E-state index contributed by atoms with van der Waals surface area (Å²) >= 11 is 0. The summed E-state index contributed by atoms with van der Waals surface area (Å²) < 4.78 is 19.6. The lowest BCUT2D eigenvalue weighted by molar-refractivity contribution is 0.103. The molecule has 2 N–H and O–H groups in total.